The van der Waals surface area contributed by atoms with E-state index >= 15 is 0 Å². The summed E-state index contributed by atoms with van der Waals surface area (Å²) in [4.78, 5) is 0. The maximum Gasteiger partial charge on any atom is 0.417 e. The van der Waals surface area contributed by atoms with Gasteiger partial charge in [-0.1, -0.05) is 35.5 Å². The number of rotatable bonds is 3. The highest BCUT2D eigenvalue weighted by atomic mass is 35.5. The molecule has 2 aromatic heterocycles. The van der Waals surface area contributed by atoms with Crippen LogP contribution in [0.25, 0.3) is 5.65 Å². The predicted octanol–water partition coefficient (Wildman–Crippen LogP) is 4.57. The molecule has 2 heterocycles. The number of hydrogen-bond donors (Lipinski definition) is 0. The molecule has 0 saturated heterocycles. The van der Waals surface area contributed by atoms with E-state index in [1.807, 2.05) is 12.1 Å². The number of nitriles is 1. The van der Waals surface area contributed by atoms with Gasteiger partial charge in [-0.3, -0.25) is 4.40 Å². The number of hydrogen-bond acceptors (Lipinski definition) is 4. The van der Waals surface area contributed by atoms with Crippen LogP contribution >= 0.6 is 23.4 Å². The Bertz CT molecular complexity index is 946. The molecule has 0 fully saturated rings. The molecule has 3 rings (SSSR count). The first-order valence-corrected chi connectivity index (χ1v) is 7.98. The van der Waals surface area contributed by atoms with Gasteiger partial charge in [-0.25, -0.2) is 0 Å². The summed E-state index contributed by atoms with van der Waals surface area (Å²) in [6.07, 6.45) is -3.58. The van der Waals surface area contributed by atoms with Gasteiger partial charge in [0.1, 0.15) is 0 Å². The average molecular weight is 369 g/mol. The van der Waals surface area contributed by atoms with Gasteiger partial charge in [0.25, 0.3) is 0 Å². The van der Waals surface area contributed by atoms with Crippen LogP contribution in [0.3, 0.4) is 0 Å². The average Bonchev–Trinajstić information content (AvgIpc) is 2.96. The zero-order chi connectivity index (χ0) is 17.3. The van der Waals surface area contributed by atoms with Crippen LogP contribution < -0.4 is 0 Å². The van der Waals surface area contributed by atoms with E-state index in [0.29, 0.717) is 16.5 Å². The van der Waals surface area contributed by atoms with Crippen LogP contribution in [-0.4, -0.2) is 14.6 Å². The lowest BCUT2D eigenvalue weighted by molar-refractivity contribution is -0.137. The van der Waals surface area contributed by atoms with Crippen molar-refractivity contribution in [2.75, 3.05) is 0 Å². The molecule has 0 atom stereocenters. The molecular formula is C15H8ClF3N4S. The highest BCUT2D eigenvalue weighted by Gasteiger charge is 2.32. The minimum atomic E-state index is -4.51. The molecule has 0 saturated carbocycles. The maximum atomic E-state index is 12.9. The fourth-order valence-electron chi connectivity index (χ4n) is 2.07. The number of halogens is 4. The molecule has 0 aliphatic heterocycles. The van der Waals surface area contributed by atoms with Gasteiger partial charge in [0, 0.05) is 11.9 Å². The third-order valence-electron chi connectivity index (χ3n) is 3.18. The van der Waals surface area contributed by atoms with E-state index in [2.05, 4.69) is 10.2 Å². The van der Waals surface area contributed by atoms with E-state index < -0.39 is 11.7 Å². The van der Waals surface area contributed by atoms with Crippen molar-refractivity contribution in [1.82, 2.24) is 14.6 Å². The summed E-state index contributed by atoms with van der Waals surface area (Å²) >= 11 is 7.08. The molecular weight excluding hydrogens is 361 g/mol. The van der Waals surface area contributed by atoms with Gasteiger partial charge in [0.05, 0.1) is 22.2 Å². The first-order valence-electron chi connectivity index (χ1n) is 6.62. The van der Waals surface area contributed by atoms with Crippen molar-refractivity contribution in [3.8, 4) is 6.07 Å². The summed E-state index contributed by atoms with van der Waals surface area (Å²) in [6, 6.07) is 9.83. The van der Waals surface area contributed by atoms with Crippen molar-refractivity contribution in [1.29, 1.82) is 5.26 Å². The predicted molar refractivity (Wildman–Crippen MR) is 83.7 cm³/mol. The first-order chi connectivity index (χ1) is 11.4. The second-order valence-electron chi connectivity index (χ2n) is 4.85. The summed E-state index contributed by atoms with van der Waals surface area (Å²) < 4.78 is 40.0. The number of pyridine rings is 1. The second-order valence-corrected chi connectivity index (χ2v) is 6.20. The van der Waals surface area contributed by atoms with Gasteiger partial charge in [-0.05, 0) is 23.8 Å². The van der Waals surface area contributed by atoms with Gasteiger partial charge in [0.15, 0.2) is 10.8 Å². The van der Waals surface area contributed by atoms with Crippen LogP contribution in [0.2, 0.25) is 5.02 Å². The molecule has 122 valence electrons. The van der Waals surface area contributed by atoms with Crippen molar-refractivity contribution < 1.29 is 13.2 Å². The van der Waals surface area contributed by atoms with Crippen molar-refractivity contribution >= 4 is 29.0 Å². The third kappa shape index (κ3) is 3.32. The van der Waals surface area contributed by atoms with Crippen molar-refractivity contribution in [3.63, 3.8) is 0 Å². The lowest BCUT2D eigenvalue weighted by Gasteiger charge is -2.08. The number of thioether (sulfide) groups is 1. The quantitative estimate of drug-likeness (QED) is 0.636. The largest absolute Gasteiger partial charge is 0.417 e. The Morgan fingerprint density at radius 1 is 1.25 bits per heavy atom. The molecule has 0 bridgehead atoms. The summed E-state index contributed by atoms with van der Waals surface area (Å²) in [6.45, 7) is 0. The SMILES string of the molecule is N#Cc1cccc(CSc2nnc3c(Cl)cc(C(F)(F)F)cn23)c1. The van der Waals surface area contributed by atoms with Crippen molar-refractivity contribution in [2.24, 2.45) is 0 Å². The normalized spacial score (nSPS) is 11.6. The molecule has 24 heavy (non-hydrogen) atoms. The molecule has 3 aromatic rings. The zero-order valence-electron chi connectivity index (χ0n) is 11.9. The molecule has 9 heteroatoms. The number of aromatic nitrogens is 3. The first kappa shape index (κ1) is 16.6. The van der Waals surface area contributed by atoms with Gasteiger partial charge in [0.2, 0.25) is 0 Å². The molecule has 1 aromatic carbocycles. The van der Waals surface area contributed by atoms with E-state index in [9.17, 15) is 13.2 Å². The Balaban J connectivity index is 1.92. The van der Waals surface area contributed by atoms with Gasteiger partial charge >= 0.3 is 6.18 Å². The van der Waals surface area contributed by atoms with Crippen LogP contribution in [0.4, 0.5) is 13.2 Å². The summed E-state index contributed by atoms with van der Waals surface area (Å²) in [5.74, 6) is 0.435. The highest BCUT2D eigenvalue weighted by Crippen LogP contribution is 2.33. The number of alkyl halides is 3. The Hall–Kier alpha value is -2.24. The van der Waals surface area contributed by atoms with Crippen LogP contribution in [0.1, 0.15) is 16.7 Å². The summed E-state index contributed by atoms with van der Waals surface area (Å²) in [7, 11) is 0. The summed E-state index contributed by atoms with van der Waals surface area (Å²) in [5, 5.41) is 16.8. The van der Waals surface area contributed by atoms with Crippen LogP contribution in [-0.2, 0) is 11.9 Å². The van der Waals surface area contributed by atoms with Crippen molar-refractivity contribution in [2.45, 2.75) is 17.1 Å². The number of nitrogens with zero attached hydrogens (tertiary/aromatic N) is 4. The Morgan fingerprint density at radius 3 is 2.75 bits per heavy atom. The fourth-order valence-corrected chi connectivity index (χ4v) is 3.16. The lowest BCUT2D eigenvalue weighted by atomic mass is 10.2. The molecule has 0 aliphatic carbocycles. The monoisotopic (exact) mass is 368 g/mol. The molecule has 0 N–H and O–H groups in total. The Morgan fingerprint density at radius 2 is 2.04 bits per heavy atom. The third-order valence-corrected chi connectivity index (χ3v) is 4.47. The molecule has 4 nitrogen and oxygen atoms in total. The van der Waals surface area contributed by atoms with Gasteiger partial charge in [-0.15, -0.1) is 10.2 Å². The van der Waals surface area contributed by atoms with E-state index in [0.717, 1.165) is 17.8 Å². The zero-order valence-corrected chi connectivity index (χ0v) is 13.5. The number of fused-ring (bicyclic) bond motifs is 1. The lowest BCUT2D eigenvalue weighted by Crippen LogP contribution is -2.07. The minimum absolute atomic E-state index is 0.115. The van der Waals surface area contributed by atoms with Crippen molar-refractivity contribution in [3.05, 3.63) is 58.2 Å². The van der Waals surface area contributed by atoms with Gasteiger partial charge in [-0.2, -0.15) is 18.4 Å². The molecule has 0 spiro atoms. The van der Waals surface area contributed by atoms with Crippen LogP contribution in [0.5, 0.6) is 0 Å². The highest BCUT2D eigenvalue weighted by molar-refractivity contribution is 7.98. The molecule has 0 aliphatic rings. The maximum absolute atomic E-state index is 12.9. The van der Waals surface area contributed by atoms with E-state index in [1.54, 1.807) is 18.2 Å². The minimum Gasteiger partial charge on any atom is -0.276 e. The van der Waals surface area contributed by atoms with E-state index in [-0.39, 0.29) is 10.7 Å². The van der Waals surface area contributed by atoms with E-state index in [1.165, 1.54) is 16.2 Å². The topological polar surface area (TPSA) is 54.0 Å². The van der Waals surface area contributed by atoms with Gasteiger partial charge < -0.3 is 0 Å². The summed E-state index contributed by atoms with van der Waals surface area (Å²) in [5.41, 5.74) is 0.668. The van der Waals surface area contributed by atoms with Crippen LogP contribution in [0, 0.1) is 11.3 Å². The Labute approximate surface area is 143 Å². The second kappa shape index (κ2) is 6.34. The fraction of sp³-hybridized carbons (Fsp3) is 0.133. The molecule has 0 unspecified atom stereocenters. The van der Waals surface area contributed by atoms with Crippen LogP contribution in [0.15, 0.2) is 41.7 Å². The molecule has 0 amide bonds. The smallest absolute Gasteiger partial charge is 0.276 e. The Kier molecular flexibility index (Phi) is 4.39. The number of benzene rings is 1. The molecule has 0 radical (unpaired) electrons. The standard InChI is InChI=1S/C15H8ClF3N4S/c16-12-5-11(15(17,18)19)7-23-13(12)21-22-14(23)24-8-10-3-1-2-9(4-10)6-20/h1-5,7H,8H2. The van der Waals surface area contributed by atoms with E-state index in [4.69, 9.17) is 16.9 Å².